The van der Waals surface area contributed by atoms with Gasteiger partial charge in [0.15, 0.2) is 0 Å². The maximum Gasteiger partial charge on any atom is 0.0840 e. The fraction of sp³-hybridized carbons (Fsp3) is 0.455. The molecular weight excluding hydrogens is 178 g/mol. The smallest absolute Gasteiger partial charge is 0.0840 e. The Morgan fingerprint density at radius 1 is 1.29 bits per heavy atom. The van der Waals surface area contributed by atoms with Crippen LogP contribution >= 0.6 is 0 Å². The van der Waals surface area contributed by atoms with Crippen molar-refractivity contribution >= 4 is 0 Å². The summed E-state index contributed by atoms with van der Waals surface area (Å²) in [4.78, 5) is 4.49. The third-order valence-corrected chi connectivity index (χ3v) is 2.17. The third-order valence-electron chi connectivity index (χ3n) is 2.17. The topological polar surface area (TPSA) is 55.5 Å². The summed E-state index contributed by atoms with van der Waals surface area (Å²) < 4.78 is 0. The maximum absolute atomic E-state index is 9.71. The number of aliphatic hydroxyl groups is 1. The van der Waals surface area contributed by atoms with Crippen molar-refractivity contribution in [2.24, 2.45) is 5.90 Å². The van der Waals surface area contributed by atoms with E-state index in [-0.39, 0.29) is 0 Å². The number of benzene rings is 1. The van der Waals surface area contributed by atoms with Crippen LogP contribution in [0.3, 0.4) is 0 Å². The second-order valence-corrected chi connectivity index (χ2v) is 3.88. The van der Waals surface area contributed by atoms with E-state index in [4.69, 9.17) is 5.90 Å². The van der Waals surface area contributed by atoms with E-state index in [2.05, 4.69) is 4.84 Å². The molecule has 3 nitrogen and oxygen atoms in total. The molecular formula is C11H17NO2. The van der Waals surface area contributed by atoms with E-state index in [0.29, 0.717) is 6.61 Å². The van der Waals surface area contributed by atoms with Gasteiger partial charge in [0, 0.05) is 0 Å². The van der Waals surface area contributed by atoms with Crippen LogP contribution in [0, 0.1) is 0 Å². The molecule has 0 amide bonds. The van der Waals surface area contributed by atoms with E-state index in [1.807, 2.05) is 24.3 Å². The van der Waals surface area contributed by atoms with Crippen molar-refractivity contribution < 1.29 is 9.94 Å². The van der Waals surface area contributed by atoms with Gasteiger partial charge >= 0.3 is 0 Å². The first-order valence-corrected chi connectivity index (χ1v) is 4.67. The lowest BCUT2D eigenvalue weighted by Crippen LogP contribution is -2.15. The van der Waals surface area contributed by atoms with Gasteiger partial charge in [-0.05, 0) is 31.4 Å². The summed E-state index contributed by atoms with van der Waals surface area (Å²) in [5.74, 6) is 4.94. The van der Waals surface area contributed by atoms with Gasteiger partial charge in [0.25, 0.3) is 0 Å². The molecule has 78 valence electrons. The van der Waals surface area contributed by atoms with Crippen LogP contribution < -0.4 is 5.90 Å². The quantitative estimate of drug-likeness (QED) is 0.713. The molecule has 0 atom stereocenters. The lowest BCUT2D eigenvalue weighted by Gasteiger charge is -2.17. The Morgan fingerprint density at radius 3 is 2.29 bits per heavy atom. The number of nitrogens with two attached hydrogens (primary N) is 1. The van der Waals surface area contributed by atoms with Crippen molar-refractivity contribution in [3.63, 3.8) is 0 Å². The van der Waals surface area contributed by atoms with Crippen LogP contribution in [0.1, 0.15) is 25.0 Å². The van der Waals surface area contributed by atoms with E-state index in [9.17, 15) is 5.11 Å². The van der Waals surface area contributed by atoms with Gasteiger partial charge in [-0.25, -0.2) is 5.90 Å². The lowest BCUT2D eigenvalue weighted by atomic mass is 9.97. The Kier molecular flexibility index (Phi) is 3.63. The van der Waals surface area contributed by atoms with Crippen molar-refractivity contribution in [3.8, 4) is 0 Å². The number of hydrogen-bond donors (Lipinski definition) is 2. The molecule has 0 aliphatic carbocycles. The molecule has 0 heterocycles. The molecule has 0 aromatic heterocycles. The molecule has 0 aliphatic heterocycles. The Morgan fingerprint density at radius 2 is 1.86 bits per heavy atom. The largest absolute Gasteiger partial charge is 0.386 e. The molecule has 1 rings (SSSR count). The average Bonchev–Trinajstić information content (AvgIpc) is 2.14. The van der Waals surface area contributed by atoms with Crippen LogP contribution in [-0.4, -0.2) is 11.7 Å². The second kappa shape index (κ2) is 4.55. The van der Waals surface area contributed by atoms with E-state index in [1.54, 1.807) is 13.8 Å². The zero-order valence-electron chi connectivity index (χ0n) is 8.66. The van der Waals surface area contributed by atoms with Crippen LogP contribution in [0.4, 0.5) is 0 Å². The highest BCUT2D eigenvalue weighted by Crippen LogP contribution is 2.19. The molecule has 0 aliphatic rings. The van der Waals surface area contributed by atoms with Crippen LogP contribution in [0.15, 0.2) is 24.3 Å². The number of hydrogen-bond acceptors (Lipinski definition) is 3. The lowest BCUT2D eigenvalue weighted by molar-refractivity contribution is 0.0786. The number of rotatable bonds is 4. The summed E-state index contributed by atoms with van der Waals surface area (Å²) in [6.07, 6.45) is 0.794. The van der Waals surface area contributed by atoms with Gasteiger partial charge in [0.05, 0.1) is 12.2 Å². The van der Waals surface area contributed by atoms with E-state index >= 15 is 0 Å². The van der Waals surface area contributed by atoms with Crippen LogP contribution in [0.25, 0.3) is 0 Å². The van der Waals surface area contributed by atoms with Gasteiger partial charge in [-0.3, -0.25) is 0 Å². The van der Waals surface area contributed by atoms with Crippen molar-refractivity contribution in [3.05, 3.63) is 35.4 Å². The molecule has 0 unspecified atom stereocenters. The Labute approximate surface area is 84.5 Å². The van der Waals surface area contributed by atoms with Gasteiger partial charge < -0.3 is 9.94 Å². The summed E-state index contributed by atoms with van der Waals surface area (Å²) >= 11 is 0. The molecule has 0 bridgehead atoms. The van der Waals surface area contributed by atoms with Gasteiger partial charge in [-0.15, -0.1) is 0 Å². The first-order chi connectivity index (χ1) is 6.54. The fourth-order valence-electron chi connectivity index (χ4n) is 1.26. The van der Waals surface area contributed by atoms with Gasteiger partial charge in [-0.1, -0.05) is 24.3 Å². The predicted octanol–water partition coefficient (Wildman–Crippen LogP) is 1.35. The summed E-state index contributed by atoms with van der Waals surface area (Å²) in [5.41, 5.74) is 1.29. The van der Waals surface area contributed by atoms with E-state index in [0.717, 1.165) is 17.5 Å². The Hall–Kier alpha value is -0.900. The SMILES string of the molecule is CC(C)(O)c1ccc(CCON)cc1. The summed E-state index contributed by atoms with van der Waals surface area (Å²) in [5, 5.41) is 9.71. The molecule has 14 heavy (non-hydrogen) atoms. The summed E-state index contributed by atoms with van der Waals surface area (Å²) in [6, 6.07) is 7.80. The zero-order valence-corrected chi connectivity index (χ0v) is 8.66. The minimum absolute atomic E-state index is 0.516. The zero-order chi connectivity index (χ0) is 10.6. The minimum atomic E-state index is -0.775. The highest BCUT2D eigenvalue weighted by Gasteiger charge is 2.14. The highest BCUT2D eigenvalue weighted by atomic mass is 16.6. The third kappa shape index (κ3) is 3.10. The van der Waals surface area contributed by atoms with Crippen molar-refractivity contribution in [2.75, 3.05) is 6.61 Å². The highest BCUT2D eigenvalue weighted by molar-refractivity contribution is 5.26. The second-order valence-electron chi connectivity index (χ2n) is 3.88. The normalized spacial score (nSPS) is 11.7. The Bertz CT molecular complexity index is 274. The molecule has 3 heteroatoms. The maximum atomic E-state index is 9.71. The van der Waals surface area contributed by atoms with Crippen molar-refractivity contribution in [2.45, 2.75) is 25.9 Å². The molecule has 1 aromatic carbocycles. The van der Waals surface area contributed by atoms with Crippen molar-refractivity contribution in [1.29, 1.82) is 0 Å². The van der Waals surface area contributed by atoms with Crippen LogP contribution in [0.2, 0.25) is 0 Å². The summed E-state index contributed by atoms with van der Waals surface area (Å²) in [6.45, 7) is 4.05. The van der Waals surface area contributed by atoms with Crippen LogP contribution in [0.5, 0.6) is 0 Å². The Balaban J connectivity index is 2.69. The van der Waals surface area contributed by atoms with Gasteiger partial charge in [0.1, 0.15) is 0 Å². The molecule has 0 spiro atoms. The molecule has 0 saturated heterocycles. The first-order valence-electron chi connectivity index (χ1n) is 4.67. The molecule has 0 fully saturated rings. The standard InChI is InChI=1S/C11H17NO2/c1-11(2,13)10-5-3-9(4-6-10)7-8-14-12/h3-6,13H,7-8,12H2,1-2H3. The monoisotopic (exact) mass is 195 g/mol. The van der Waals surface area contributed by atoms with Crippen molar-refractivity contribution in [1.82, 2.24) is 0 Å². The molecule has 0 radical (unpaired) electrons. The molecule has 3 N–H and O–H groups in total. The van der Waals surface area contributed by atoms with Gasteiger partial charge in [-0.2, -0.15) is 0 Å². The van der Waals surface area contributed by atoms with E-state index < -0.39 is 5.60 Å². The molecule has 0 saturated carbocycles. The van der Waals surface area contributed by atoms with Crippen LogP contribution in [-0.2, 0) is 16.9 Å². The fourth-order valence-corrected chi connectivity index (χ4v) is 1.26. The molecule has 1 aromatic rings. The average molecular weight is 195 g/mol. The van der Waals surface area contributed by atoms with Gasteiger partial charge in [0.2, 0.25) is 0 Å². The first kappa shape index (κ1) is 11.2. The minimum Gasteiger partial charge on any atom is -0.386 e. The summed E-state index contributed by atoms with van der Waals surface area (Å²) in [7, 11) is 0. The van der Waals surface area contributed by atoms with E-state index in [1.165, 1.54) is 0 Å². The predicted molar refractivity (Wildman–Crippen MR) is 55.5 cm³/mol.